The Morgan fingerprint density at radius 3 is 1.86 bits per heavy atom. The summed E-state index contributed by atoms with van der Waals surface area (Å²) in [6.45, 7) is 7.16. The normalized spacial score (nSPS) is 16.0. The van der Waals surface area contributed by atoms with Crippen LogP contribution >= 0.6 is 0 Å². The summed E-state index contributed by atoms with van der Waals surface area (Å²) in [5.41, 5.74) is 0. The van der Waals surface area contributed by atoms with E-state index in [0.29, 0.717) is 0 Å². The van der Waals surface area contributed by atoms with Gasteiger partial charge in [0.2, 0.25) is 0 Å². The highest BCUT2D eigenvalue weighted by molar-refractivity contribution is 5.80. The van der Waals surface area contributed by atoms with Crippen molar-refractivity contribution in [2.45, 2.75) is 39.7 Å². The molecule has 1 saturated heterocycles. The van der Waals surface area contributed by atoms with E-state index in [2.05, 4.69) is 0 Å². The van der Waals surface area contributed by atoms with E-state index in [1.807, 2.05) is 13.8 Å². The molecule has 4 heteroatoms. The number of carbonyl (C=O) groups is 1. The van der Waals surface area contributed by atoms with E-state index in [9.17, 15) is 4.79 Å². The summed E-state index contributed by atoms with van der Waals surface area (Å²) in [5.74, 6) is -0.127. The van der Waals surface area contributed by atoms with E-state index < -0.39 is 6.10 Å². The zero-order valence-corrected chi connectivity index (χ0v) is 9.66. The van der Waals surface area contributed by atoms with Crippen LogP contribution < -0.4 is 0 Å². The number of nitrogens with zero attached hydrogens (tertiary/aromatic N) is 1. The van der Waals surface area contributed by atoms with Crippen molar-refractivity contribution in [2.24, 2.45) is 0 Å². The summed E-state index contributed by atoms with van der Waals surface area (Å²) in [6.07, 6.45) is 1.34. The summed E-state index contributed by atoms with van der Waals surface area (Å²) in [4.78, 5) is 12.7. The molecule has 4 nitrogen and oxygen atoms in total. The van der Waals surface area contributed by atoms with Gasteiger partial charge in [-0.3, -0.25) is 4.79 Å². The van der Waals surface area contributed by atoms with Crippen molar-refractivity contribution in [3.63, 3.8) is 0 Å². The minimum Gasteiger partial charge on any atom is -0.400 e. The Labute approximate surface area is 86.5 Å². The molecule has 1 heterocycles. The van der Waals surface area contributed by atoms with E-state index in [4.69, 9.17) is 10.2 Å². The predicted octanol–water partition coefficient (Wildman–Crippen LogP) is 0.624. The topological polar surface area (TPSA) is 60.8 Å². The van der Waals surface area contributed by atoms with Crippen LogP contribution in [-0.4, -0.2) is 47.3 Å². The highest BCUT2D eigenvalue weighted by Gasteiger charge is 2.20. The molecule has 1 atom stereocenters. The largest absolute Gasteiger partial charge is 0.400 e. The average molecular weight is 205 g/mol. The quantitative estimate of drug-likeness (QED) is 0.660. The van der Waals surface area contributed by atoms with Gasteiger partial charge >= 0.3 is 0 Å². The number of rotatable bonds is 1. The molecule has 0 aromatic heterocycles. The second kappa shape index (κ2) is 10.5. The molecule has 0 bridgehead atoms. The van der Waals surface area contributed by atoms with Gasteiger partial charge in [-0.05, 0) is 19.8 Å². The fraction of sp³-hybridized carbons (Fsp3) is 0.900. The van der Waals surface area contributed by atoms with Crippen molar-refractivity contribution >= 4 is 5.91 Å². The highest BCUT2D eigenvalue weighted by atomic mass is 16.3. The van der Waals surface area contributed by atoms with Gasteiger partial charge in [0.1, 0.15) is 6.10 Å². The van der Waals surface area contributed by atoms with Crippen molar-refractivity contribution < 1.29 is 15.0 Å². The number of aliphatic hydroxyl groups is 2. The van der Waals surface area contributed by atoms with Crippen LogP contribution in [0.4, 0.5) is 0 Å². The first-order chi connectivity index (χ1) is 6.72. The minimum atomic E-state index is -0.821. The summed E-state index contributed by atoms with van der Waals surface area (Å²) < 4.78 is 0. The zero-order valence-electron chi connectivity index (χ0n) is 9.66. The van der Waals surface area contributed by atoms with Gasteiger partial charge in [0.05, 0.1) is 0 Å². The Balaban J connectivity index is 0. The predicted molar refractivity (Wildman–Crippen MR) is 57.0 cm³/mol. The van der Waals surface area contributed by atoms with E-state index in [1.165, 1.54) is 6.92 Å². The monoisotopic (exact) mass is 205 g/mol. The van der Waals surface area contributed by atoms with Gasteiger partial charge in [-0.1, -0.05) is 13.8 Å². The Bertz CT molecular complexity index is 131. The first kappa shape index (κ1) is 15.8. The lowest BCUT2D eigenvalue weighted by atomic mass is 10.3. The smallest absolute Gasteiger partial charge is 0.251 e. The van der Waals surface area contributed by atoms with E-state index in [-0.39, 0.29) is 5.91 Å². The Hall–Kier alpha value is -0.610. The van der Waals surface area contributed by atoms with Crippen LogP contribution in [-0.2, 0) is 4.79 Å². The lowest BCUT2D eigenvalue weighted by molar-refractivity contribution is -0.138. The molecule has 1 fully saturated rings. The van der Waals surface area contributed by atoms with Crippen molar-refractivity contribution in [1.29, 1.82) is 0 Å². The Morgan fingerprint density at radius 1 is 1.21 bits per heavy atom. The maximum absolute atomic E-state index is 11.0. The van der Waals surface area contributed by atoms with E-state index in [0.717, 1.165) is 33.0 Å². The van der Waals surface area contributed by atoms with E-state index in [1.54, 1.807) is 4.90 Å². The number of amides is 1. The van der Waals surface area contributed by atoms with Gasteiger partial charge in [-0.2, -0.15) is 0 Å². The number of hydrogen-bond donors (Lipinski definition) is 2. The van der Waals surface area contributed by atoms with Crippen molar-refractivity contribution in [3.05, 3.63) is 0 Å². The van der Waals surface area contributed by atoms with Crippen LogP contribution in [0.3, 0.4) is 0 Å². The standard InChI is InChI=1S/C7H13NO2.C2H6.CH4O/c1-6(9)7(10)8-4-2-3-5-8;2*1-2/h6,9H,2-5H2,1H3;1-2H3;2H,1H3. The number of carbonyl (C=O) groups excluding carboxylic acids is 1. The van der Waals surface area contributed by atoms with Crippen molar-refractivity contribution in [1.82, 2.24) is 4.90 Å². The molecule has 86 valence electrons. The molecule has 0 aromatic carbocycles. The van der Waals surface area contributed by atoms with Crippen LogP contribution in [0.1, 0.15) is 33.6 Å². The summed E-state index contributed by atoms with van der Waals surface area (Å²) in [7, 11) is 1.00. The van der Waals surface area contributed by atoms with Crippen LogP contribution in [0.25, 0.3) is 0 Å². The Morgan fingerprint density at radius 2 is 1.57 bits per heavy atom. The number of hydrogen-bond acceptors (Lipinski definition) is 3. The molecule has 2 N–H and O–H groups in total. The van der Waals surface area contributed by atoms with Gasteiger partial charge < -0.3 is 15.1 Å². The van der Waals surface area contributed by atoms with Gasteiger partial charge in [0.15, 0.2) is 0 Å². The third-order valence-electron chi connectivity index (χ3n) is 1.78. The van der Waals surface area contributed by atoms with Gasteiger partial charge in [0, 0.05) is 20.2 Å². The molecule has 1 rings (SSSR count). The molecule has 0 aromatic rings. The lowest BCUT2D eigenvalue weighted by Gasteiger charge is -2.16. The lowest BCUT2D eigenvalue weighted by Crippen LogP contribution is -2.35. The van der Waals surface area contributed by atoms with Crippen LogP contribution in [0.15, 0.2) is 0 Å². The SMILES string of the molecule is CC.CC(O)C(=O)N1CCCC1.CO. The molecule has 1 amide bonds. The molecule has 0 radical (unpaired) electrons. The third-order valence-corrected chi connectivity index (χ3v) is 1.78. The summed E-state index contributed by atoms with van der Waals surface area (Å²) in [5, 5.41) is 15.9. The molecule has 0 aliphatic carbocycles. The molecule has 1 unspecified atom stereocenters. The molecule has 14 heavy (non-hydrogen) atoms. The zero-order chi connectivity index (χ0) is 11.6. The molecule has 0 spiro atoms. The fourth-order valence-corrected chi connectivity index (χ4v) is 1.20. The number of aliphatic hydroxyl groups excluding tert-OH is 2. The molecule has 1 aliphatic heterocycles. The average Bonchev–Trinajstić information content (AvgIpc) is 2.75. The van der Waals surface area contributed by atoms with E-state index >= 15 is 0 Å². The summed E-state index contributed by atoms with van der Waals surface area (Å²) >= 11 is 0. The first-order valence-electron chi connectivity index (χ1n) is 5.13. The van der Waals surface area contributed by atoms with Crippen molar-refractivity contribution in [2.75, 3.05) is 20.2 Å². The molecular formula is C10H23NO3. The second-order valence-corrected chi connectivity index (χ2v) is 2.71. The van der Waals surface area contributed by atoms with Gasteiger partial charge in [-0.25, -0.2) is 0 Å². The number of likely N-dealkylation sites (tertiary alicyclic amines) is 1. The van der Waals surface area contributed by atoms with Crippen LogP contribution in [0.2, 0.25) is 0 Å². The van der Waals surface area contributed by atoms with Crippen LogP contribution in [0.5, 0.6) is 0 Å². The molecule has 0 saturated carbocycles. The molecule has 1 aliphatic rings. The first-order valence-corrected chi connectivity index (χ1v) is 5.13. The fourth-order valence-electron chi connectivity index (χ4n) is 1.20. The highest BCUT2D eigenvalue weighted by Crippen LogP contribution is 2.08. The third kappa shape index (κ3) is 5.94. The van der Waals surface area contributed by atoms with Gasteiger partial charge in [-0.15, -0.1) is 0 Å². The van der Waals surface area contributed by atoms with Crippen LogP contribution in [0, 0.1) is 0 Å². The Kier molecular flexibility index (Phi) is 11.9. The van der Waals surface area contributed by atoms with Gasteiger partial charge in [0.25, 0.3) is 5.91 Å². The maximum Gasteiger partial charge on any atom is 0.251 e. The molecular weight excluding hydrogens is 182 g/mol. The second-order valence-electron chi connectivity index (χ2n) is 2.71. The minimum absolute atomic E-state index is 0.127. The summed E-state index contributed by atoms with van der Waals surface area (Å²) in [6, 6.07) is 0. The van der Waals surface area contributed by atoms with Crippen molar-refractivity contribution in [3.8, 4) is 0 Å². The maximum atomic E-state index is 11.0.